The fourth-order valence-corrected chi connectivity index (χ4v) is 1.77. The Labute approximate surface area is 115 Å². The van der Waals surface area contributed by atoms with Gasteiger partial charge in [-0.15, -0.1) is 0 Å². The largest absolute Gasteiger partial charge is 0.478 e. The molecule has 1 N–H and O–H groups in total. The summed E-state index contributed by atoms with van der Waals surface area (Å²) in [5, 5.41) is 19.4. The first kappa shape index (κ1) is 13.5. The van der Waals surface area contributed by atoms with Gasteiger partial charge in [0, 0.05) is 30.6 Å². The number of nitro groups is 1. The van der Waals surface area contributed by atoms with Crippen molar-refractivity contribution in [3.05, 3.63) is 64.2 Å². The SMILES string of the molecule is CN(c1ccc(C(=O)O)cc1)c1ccc([N+](=O)[O-])cc1. The van der Waals surface area contributed by atoms with Gasteiger partial charge in [-0.05, 0) is 36.4 Å². The number of carbonyl (C=O) groups is 1. The lowest BCUT2D eigenvalue weighted by atomic mass is 10.2. The molecule has 2 aromatic carbocycles. The molecule has 0 atom stereocenters. The molecule has 20 heavy (non-hydrogen) atoms. The highest BCUT2D eigenvalue weighted by molar-refractivity contribution is 5.88. The summed E-state index contributed by atoms with van der Waals surface area (Å²) in [5.41, 5.74) is 1.82. The molecule has 0 bridgehead atoms. The summed E-state index contributed by atoms with van der Waals surface area (Å²) in [5.74, 6) is -0.977. The highest BCUT2D eigenvalue weighted by Crippen LogP contribution is 2.25. The number of aromatic carboxylic acids is 1. The van der Waals surface area contributed by atoms with E-state index < -0.39 is 10.9 Å². The van der Waals surface area contributed by atoms with Crippen LogP contribution in [0.25, 0.3) is 0 Å². The summed E-state index contributed by atoms with van der Waals surface area (Å²) in [6, 6.07) is 12.5. The number of hydrogen-bond acceptors (Lipinski definition) is 4. The van der Waals surface area contributed by atoms with Crippen LogP contribution in [0.15, 0.2) is 48.5 Å². The molecule has 0 saturated carbocycles. The molecule has 0 radical (unpaired) electrons. The van der Waals surface area contributed by atoms with E-state index in [4.69, 9.17) is 5.11 Å². The molecular formula is C14H12N2O4. The molecule has 0 spiro atoms. The van der Waals surface area contributed by atoms with E-state index in [1.165, 1.54) is 24.3 Å². The van der Waals surface area contributed by atoms with Crippen LogP contribution in [0.1, 0.15) is 10.4 Å². The molecule has 6 nitrogen and oxygen atoms in total. The molecule has 2 aromatic rings. The van der Waals surface area contributed by atoms with Gasteiger partial charge in [0.15, 0.2) is 0 Å². The zero-order valence-corrected chi connectivity index (χ0v) is 10.7. The van der Waals surface area contributed by atoms with Crippen molar-refractivity contribution in [1.29, 1.82) is 0 Å². The Balaban J connectivity index is 2.24. The second-order valence-corrected chi connectivity index (χ2v) is 4.18. The third-order valence-electron chi connectivity index (χ3n) is 2.95. The van der Waals surface area contributed by atoms with Crippen molar-refractivity contribution in [3.8, 4) is 0 Å². The summed E-state index contributed by atoms with van der Waals surface area (Å²) < 4.78 is 0. The predicted molar refractivity (Wildman–Crippen MR) is 74.6 cm³/mol. The van der Waals surface area contributed by atoms with Gasteiger partial charge in [0.05, 0.1) is 10.5 Å². The van der Waals surface area contributed by atoms with Gasteiger partial charge in [-0.1, -0.05) is 0 Å². The number of hydrogen-bond donors (Lipinski definition) is 1. The van der Waals surface area contributed by atoms with Gasteiger partial charge in [0.2, 0.25) is 0 Å². The number of rotatable bonds is 4. The maximum atomic E-state index is 10.8. The van der Waals surface area contributed by atoms with Crippen LogP contribution >= 0.6 is 0 Å². The lowest BCUT2D eigenvalue weighted by molar-refractivity contribution is -0.384. The Kier molecular flexibility index (Phi) is 3.65. The van der Waals surface area contributed by atoms with E-state index >= 15 is 0 Å². The van der Waals surface area contributed by atoms with Crippen molar-refractivity contribution >= 4 is 23.0 Å². The number of carboxylic acid groups (broad SMARTS) is 1. The van der Waals surface area contributed by atoms with Crippen LogP contribution in [0, 0.1) is 10.1 Å². The maximum Gasteiger partial charge on any atom is 0.335 e. The van der Waals surface area contributed by atoms with Crippen LogP contribution in [-0.4, -0.2) is 23.0 Å². The van der Waals surface area contributed by atoms with Crippen molar-refractivity contribution in [2.24, 2.45) is 0 Å². The van der Waals surface area contributed by atoms with Crippen molar-refractivity contribution in [2.45, 2.75) is 0 Å². The fourth-order valence-electron chi connectivity index (χ4n) is 1.77. The molecule has 0 aliphatic carbocycles. The summed E-state index contributed by atoms with van der Waals surface area (Å²) in [6.07, 6.45) is 0. The van der Waals surface area contributed by atoms with Gasteiger partial charge in [-0.25, -0.2) is 4.79 Å². The summed E-state index contributed by atoms with van der Waals surface area (Å²) in [4.78, 5) is 22.7. The Morgan fingerprint density at radius 3 is 1.90 bits per heavy atom. The average molecular weight is 272 g/mol. The van der Waals surface area contributed by atoms with Crippen LogP contribution in [0.2, 0.25) is 0 Å². The second-order valence-electron chi connectivity index (χ2n) is 4.18. The summed E-state index contributed by atoms with van der Waals surface area (Å²) in [7, 11) is 1.80. The maximum absolute atomic E-state index is 10.8. The summed E-state index contributed by atoms with van der Waals surface area (Å²) >= 11 is 0. The zero-order chi connectivity index (χ0) is 14.7. The van der Waals surface area contributed by atoms with Gasteiger partial charge < -0.3 is 10.0 Å². The Hall–Kier alpha value is -2.89. The number of non-ortho nitro benzene ring substituents is 1. The molecule has 0 heterocycles. The van der Waals surface area contributed by atoms with Gasteiger partial charge in [-0.3, -0.25) is 10.1 Å². The third kappa shape index (κ3) is 2.74. The lowest BCUT2D eigenvalue weighted by Crippen LogP contribution is -2.09. The number of nitro benzene ring substituents is 1. The van der Waals surface area contributed by atoms with E-state index in [2.05, 4.69) is 0 Å². The standard InChI is InChI=1S/C14H12N2O4/c1-15(11-4-2-10(3-5-11)14(17)18)12-6-8-13(9-7-12)16(19)20/h2-9H,1H3,(H,17,18). The first-order chi connectivity index (χ1) is 9.49. The second kappa shape index (κ2) is 5.40. The zero-order valence-electron chi connectivity index (χ0n) is 10.7. The van der Waals surface area contributed by atoms with Crippen LogP contribution in [0.3, 0.4) is 0 Å². The first-order valence-corrected chi connectivity index (χ1v) is 5.80. The minimum absolute atomic E-state index is 0.0309. The van der Waals surface area contributed by atoms with Crippen molar-refractivity contribution < 1.29 is 14.8 Å². The fraction of sp³-hybridized carbons (Fsp3) is 0.0714. The van der Waals surface area contributed by atoms with Gasteiger partial charge in [-0.2, -0.15) is 0 Å². The molecule has 0 saturated heterocycles. The van der Waals surface area contributed by atoms with Crippen molar-refractivity contribution in [3.63, 3.8) is 0 Å². The van der Waals surface area contributed by atoms with Crippen LogP contribution in [0.5, 0.6) is 0 Å². The van der Waals surface area contributed by atoms with Crippen LogP contribution in [-0.2, 0) is 0 Å². The normalized spacial score (nSPS) is 10.1. The lowest BCUT2D eigenvalue weighted by Gasteiger charge is -2.19. The van der Waals surface area contributed by atoms with E-state index in [9.17, 15) is 14.9 Å². The minimum atomic E-state index is -0.977. The molecule has 0 fully saturated rings. The molecule has 0 amide bonds. The highest BCUT2D eigenvalue weighted by Gasteiger charge is 2.09. The van der Waals surface area contributed by atoms with E-state index in [-0.39, 0.29) is 11.3 Å². The van der Waals surface area contributed by atoms with Crippen LogP contribution in [0.4, 0.5) is 17.1 Å². The molecule has 0 aliphatic heterocycles. The average Bonchev–Trinajstić information content (AvgIpc) is 2.46. The molecule has 0 aromatic heterocycles. The Bertz CT molecular complexity index is 578. The number of carboxylic acids is 1. The first-order valence-electron chi connectivity index (χ1n) is 5.80. The molecule has 2 rings (SSSR count). The topological polar surface area (TPSA) is 83.7 Å². The minimum Gasteiger partial charge on any atom is -0.478 e. The molecule has 102 valence electrons. The summed E-state index contributed by atoms with van der Waals surface area (Å²) in [6.45, 7) is 0. The third-order valence-corrected chi connectivity index (χ3v) is 2.95. The molecule has 0 unspecified atom stereocenters. The van der Waals surface area contributed by atoms with Crippen molar-refractivity contribution in [1.82, 2.24) is 0 Å². The monoisotopic (exact) mass is 272 g/mol. The van der Waals surface area contributed by atoms with E-state index in [1.54, 1.807) is 31.3 Å². The quantitative estimate of drug-likeness (QED) is 0.683. The predicted octanol–water partition coefficient (Wildman–Crippen LogP) is 3.06. The van der Waals surface area contributed by atoms with Gasteiger partial charge in [0.25, 0.3) is 5.69 Å². The van der Waals surface area contributed by atoms with E-state index in [1.807, 2.05) is 4.90 Å². The highest BCUT2D eigenvalue weighted by atomic mass is 16.6. The number of anilines is 2. The number of benzene rings is 2. The molecular weight excluding hydrogens is 260 g/mol. The molecule has 6 heteroatoms. The molecule has 0 aliphatic rings. The van der Waals surface area contributed by atoms with E-state index in [0.717, 1.165) is 11.4 Å². The van der Waals surface area contributed by atoms with Crippen LogP contribution < -0.4 is 4.90 Å². The van der Waals surface area contributed by atoms with Gasteiger partial charge >= 0.3 is 5.97 Å². The number of nitrogens with zero attached hydrogens (tertiary/aromatic N) is 2. The van der Waals surface area contributed by atoms with Crippen molar-refractivity contribution in [2.75, 3.05) is 11.9 Å². The van der Waals surface area contributed by atoms with E-state index in [0.29, 0.717) is 0 Å². The van der Waals surface area contributed by atoms with Gasteiger partial charge in [0.1, 0.15) is 0 Å². The smallest absolute Gasteiger partial charge is 0.335 e. The Morgan fingerprint density at radius 1 is 1.05 bits per heavy atom. The Morgan fingerprint density at radius 2 is 1.50 bits per heavy atom.